The average Bonchev–Trinajstić information content (AvgIpc) is 2.94. The van der Waals surface area contributed by atoms with Crippen molar-refractivity contribution in [3.8, 4) is 22.6 Å². The van der Waals surface area contributed by atoms with Crippen LogP contribution in [0.5, 0.6) is 11.5 Å². The Balaban J connectivity index is 2.21. The fourth-order valence-corrected chi connectivity index (χ4v) is 2.48. The van der Waals surface area contributed by atoms with Gasteiger partial charge in [-0.3, -0.25) is 0 Å². The SMILES string of the molecule is COc1ccc(C(=O)O)cc1-c1cccc2c1OCC2. The van der Waals surface area contributed by atoms with Crippen molar-refractivity contribution in [3.05, 3.63) is 47.5 Å². The van der Waals surface area contributed by atoms with E-state index in [1.54, 1.807) is 19.2 Å². The number of para-hydroxylation sites is 1. The third-order valence-electron chi connectivity index (χ3n) is 3.45. The maximum atomic E-state index is 11.1. The van der Waals surface area contributed by atoms with E-state index >= 15 is 0 Å². The van der Waals surface area contributed by atoms with Gasteiger partial charge in [0.25, 0.3) is 0 Å². The first kappa shape index (κ1) is 12.5. The Morgan fingerprint density at radius 2 is 2.10 bits per heavy atom. The van der Waals surface area contributed by atoms with Crippen molar-refractivity contribution in [3.63, 3.8) is 0 Å². The first-order chi connectivity index (χ1) is 9.70. The molecule has 0 aliphatic carbocycles. The Bertz CT molecular complexity index is 676. The summed E-state index contributed by atoms with van der Waals surface area (Å²) in [5, 5.41) is 9.14. The summed E-state index contributed by atoms with van der Waals surface area (Å²) in [6.07, 6.45) is 0.879. The van der Waals surface area contributed by atoms with Crippen LogP contribution in [0.4, 0.5) is 0 Å². The van der Waals surface area contributed by atoms with Crippen LogP contribution in [0.25, 0.3) is 11.1 Å². The predicted octanol–water partition coefficient (Wildman–Crippen LogP) is 3.00. The molecule has 2 aromatic carbocycles. The van der Waals surface area contributed by atoms with Gasteiger partial charge in [0.2, 0.25) is 0 Å². The first-order valence-electron chi connectivity index (χ1n) is 6.37. The molecule has 0 fully saturated rings. The number of carbonyl (C=O) groups is 1. The Morgan fingerprint density at radius 1 is 1.25 bits per heavy atom. The average molecular weight is 270 g/mol. The molecule has 1 aliphatic rings. The monoisotopic (exact) mass is 270 g/mol. The van der Waals surface area contributed by atoms with E-state index in [1.807, 2.05) is 18.2 Å². The zero-order valence-corrected chi connectivity index (χ0v) is 11.1. The lowest BCUT2D eigenvalue weighted by atomic mass is 9.98. The van der Waals surface area contributed by atoms with Gasteiger partial charge < -0.3 is 14.6 Å². The van der Waals surface area contributed by atoms with E-state index < -0.39 is 5.97 Å². The van der Waals surface area contributed by atoms with E-state index in [-0.39, 0.29) is 5.56 Å². The molecule has 3 rings (SSSR count). The topological polar surface area (TPSA) is 55.8 Å². The largest absolute Gasteiger partial charge is 0.496 e. The molecule has 1 aliphatic heterocycles. The van der Waals surface area contributed by atoms with Gasteiger partial charge in [-0.1, -0.05) is 18.2 Å². The standard InChI is InChI=1S/C16H14O4/c1-19-14-6-5-11(16(17)18)9-13(14)12-4-2-3-10-7-8-20-15(10)12/h2-6,9H,7-8H2,1H3,(H,17,18). The number of aromatic carboxylic acids is 1. The molecule has 0 saturated heterocycles. The van der Waals surface area contributed by atoms with Crippen molar-refractivity contribution in [2.45, 2.75) is 6.42 Å². The number of hydrogen-bond donors (Lipinski definition) is 1. The highest BCUT2D eigenvalue weighted by Crippen LogP contribution is 2.41. The summed E-state index contributed by atoms with van der Waals surface area (Å²) >= 11 is 0. The second-order valence-corrected chi connectivity index (χ2v) is 4.61. The highest BCUT2D eigenvalue weighted by molar-refractivity contribution is 5.91. The van der Waals surface area contributed by atoms with Gasteiger partial charge >= 0.3 is 5.97 Å². The summed E-state index contributed by atoms with van der Waals surface area (Å²) in [4.78, 5) is 11.1. The van der Waals surface area contributed by atoms with Crippen molar-refractivity contribution in [2.75, 3.05) is 13.7 Å². The third kappa shape index (κ3) is 1.99. The van der Waals surface area contributed by atoms with Gasteiger partial charge in [-0.15, -0.1) is 0 Å². The molecule has 20 heavy (non-hydrogen) atoms. The van der Waals surface area contributed by atoms with E-state index in [0.29, 0.717) is 12.4 Å². The van der Waals surface area contributed by atoms with E-state index in [0.717, 1.165) is 28.9 Å². The van der Waals surface area contributed by atoms with Crippen molar-refractivity contribution in [1.82, 2.24) is 0 Å². The minimum Gasteiger partial charge on any atom is -0.496 e. The summed E-state index contributed by atoms with van der Waals surface area (Å²) < 4.78 is 11.0. The number of benzene rings is 2. The Kier molecular flexibility index (Phi) is 3.06. The molecule has 102 valence electrons. The van der Waals surface area contributed by atoms with Gasteiger partial charge in [-0.05, 0) is 23.8 Å². The van der Waals surface area contributed by atoms with Gasteiger partial charge in [-0.2, -0.15) is 0 Å². The van der Waals surface area contributed by atoms with Crippen LogP contribution in [0.1, 0.15) is 15.9 Å². The molecule has 0 unspecified atom stereocenters. The smallest absolute Gasteiger partial charge is 0.335 e. The highest BCUT2D eigenvalue weighted by Gasteiger charge is 2.20. The fourth-order valence-electron chi connectivity index (χ4n) is 2.48. The Morgan fingerprint density at radius 3 is 2.85 bits per heavy atom. The quantitative estimate of drug-likeness (QED) is 0.931. The molecule has 2 aromatic rings. The van der Waals surface area contributed by atoms with E-state index in [2.05, 4.69) is 0 Å². The number of fused-ring (bicyclic) bond motifs is 1. The first-order valence-corrected chi connectivity index (χ1v) is 6.37. The minimum atomic E-state index is -0.956. The van der Waals surface area contributed by atoms with E-state index in [4.69, 9.17) is 14.6 Å². The lowest BCUT2D eigenvalue weighted by Crippen LogP contribution is -1.98. The Hall–Kier alpha value is -2.49. The van der Waals surface area contributed by atoms with Gasteiger partial charge in [0.1, 0.15) is 11.5 Å². The third-order valence-corrected chi connectivity index (χ3v) is 3.45. The lowest BCUT2D eigenvalue weighted by Gasteiger charge is -2.13. The number of rotatable bonds is 3. The van der Waals surface area contributed by atoms with Crippen LogP contribution >= 0.6 is 0 Å². The number of carboxylic acids is 1. The van der Waals surface area contributed by atoms with Crippen molar-refractivity contribution in [1.29, 1.82) is 0 Å². The van der Waals surface area contributed by atoms with Gasteiger partial charge in [-0.25, -0.2) is 4.79 Å². The summed E-state index contributed by atoms with van der Waals surface area (Å²) in [6, 6.07) is 10.7. The lowest BCUT2D eigenvalue weighted by molar-refractivity contribution is 0.0697. The van der Waals surface area contributed by atoms with Crippen molar-refractivity contribution in [2.24, 2.45) is 0 Å². The molecule has 0 radical (unpaired) electrons. The van der Waals surface area contributed by atoms with Crippen LogP contribution in [0.15, 0.2) is 36.4 Å². The van der Waals surface area contributed by atoms with Crippen LogP contribution < -0.4 is 9.47 Å². The molecule has 0 saturated carbocycles. The highest BCUT2D eigenvalue weighted by atomic mass is 16.5. The zero-order chi connectivity index (χ0) is 14.1. The molecule has 0 amide bonds. The fraction of sp³-hybridized carbons (Fsp3) is 0.188. The second kappa shape index (κ2) is 4.89. The zero-order valence-electron chi connectivity index (χ0n) is 11.1. The molecule has 1 N–H and O–H groups in total. The molecule has 4 heteroatoms. The molecule has 0 atom stereocenters. The number of carboxylic acid groups (broad SMARTS) is 1. The number of hydrogen-bond acceptors (Lipinski definition) is 3. The maximum absolute atomic E-state index is 11.1. The summed E-state index contributed by atoms with van der Waals surface area (Å²) in [5.74, 6) is 0.509. The summed E-state index contributed by atoms with van der Waals surface area (Å²) in [7, 11) is 1.57. The minimum absolute atomic E-state index is 0.233. The van der Waals surface area contributed by atoms with E-state index in [9.17, 15) is 4.79 Å². The van der Waals surface area contributed by atoms with Crippen LogP contribution in [-0.4, -0.2) is 24.8 Å². The molecule has 4 nitrogen and oxygen atoms in total. The van der Waals surface area contributed by atoms with Crippen LogP contribution in [-0.2, 0) is 6.42 Å². The summed E-state index contributed by atoms with van der Waals surface area (Å²) in [5.41, 5.74) is 2.99. The van der Waals surface area contributed by atoms with Crippen LogP contribution in [0, 0.1) is 0 Å². The van der Waals surface area contributed by atoms with Crippen molar-refractivity contribution < 1.29 is 19.4 Å². The maximum Gasteiger partial charge on any atom is 0.335 e. The van der Waals surface area contributed by atoms with Crippen LogP contribution in [0.2, 0.25) is 0 Å². The Labute approximate surface area is 116 Å². The molecule has 0 aromatic heterocycles. The van der Waals surface area contributed by atoms with Gasteiger partial charge in [0.05, 0.1) is 19.3 Å². The molecular weight excluding hydrogens is 256 g/mol. The predicted molar refractivity (Wildman–Crippen MR) is 74.6 cm³/mol. The number of methoxy groups -OCH3 is 1. The number of ether oxygens (including phenoxy) is 2. The molecule has 0 spiro atoms. The van der Waals surface area contributed by atoms with E-state index in [1.165, 1.54) is 6.07 Å². The molecular formula is C16H14O4. The van der Waals surface area contributed by atoms with Gasteiger partial charge in [0.15, 0.2) is 0 Å². The molecule has 0 bridgehead atoms. The molecule has 1 heterocycles. The normalized spacial score (nSPS) is 12.7. The summed E-state index contributed by atoms with van der Waals surface area (Å²) in [6.45, 7) is 0.660. The van der Waals surface area contributed by atoms with Gasteiger partial charge in [0, 0.05) is 17.5 Å². The van der Waals surface area contributed by atoms with Crippen molar-refractivity contribution >= 4 is 5.97 Å². The second-order valence-electron chi connectivity index (χ2n) is 4.61. The van der Waals surface area contributed by atoms with Crippen LogP contribution in [0.3, 0.4) is 0 Å².